The predicted molar refractivity (Wildman–Crippen MR) is 126 cm³/mol. The second-order valence-electron chi connectivity index (χ2n) is 8.54. The highest BCUT2D eigenvalue weighted by atomic mass is 15.3. The van der Waals surface area contributed by atoms with E-state index in [1.807, 2.05) is 19.4 Å². The van der Waals surface area contributed by atoms with Gasteiger partial charge in [-0.2, -0.15) is 0 Å². The third kappa shape index (κ3) is 4.78. The highest BCUT2D eigenvalue weighted by Gasteiger charge is 2.25. The molecule has 2 aromatic rings. The van der Waals surface area contributed by atoms with Crippen LogP contribution in [0.25, 0.3) is 0 Å². The SMILES string of the molecule is CNc1ccc(N2CCCCC2CN(C)c2ccc(N3CCN(C)CC3)nc2)nc1. The molecule has 0 aromatic carbocycles. The lowest BCUT2D eigenvalue weighted by atomic mass is 10.0. The Kier molecular flexibility index (Phi) is 6.57. The number of piperidine rings is 1. The third-order valence-corrected chi connectivity index (χ3v) is 6.44. The Hall–Kier alpha value is -2.54. The Balaban J connectivity index is 1.40. The Morgan fingerprint density at radius 1 is 0.967 bits per heavy atom. The molecular formula is C23H35N7. The Labute approximate surface area is 180 Å². The number of hydrogen-bond acceptors (Lipinski definition) is 7. The van der Waals surface area contributed by atoms with Crippen molar-refractivity contribution in [2.75, 3.05) is 80.4 Å². The summed E-state index contributed by atoms with van der Waals surface area (Å²) in [6.07, 6.45) is 7.67. The molecule has 7 nitrogen and oxygen atoms in total. The van der Waals surface area contributed by atoms with Gasteiger partial charge in [-0.05, 0) is 50.6 Å². The summed E-state index contributed by atoms with van der Waals surface area (Å²) in [5, 5.41) is 3.15. The number of nitrogens with one attached hydrogen (secondary N) is 1. The summed E-state index contributed by atoms with van der Waals surface area (Å²) in [5.41, 5.74) is 2.23. The van der Waals surface area contributed by atoms with Crippen molar-refractivity contribution in [3.8, 4) is 0 Å². The van der Waals surface area contributed by atoms with Gasteiger partial charge in [-0.3, -0.25) is 0 Å². The predicted octanol–water partition coefficient (Wildman–Crippen LogP) is 2.77. The van der Waals surface area contributed by atoms with Crippen molar-refractivity contribution in [2.45, 2.75) is 25.3 Å². The van der Waals surface area contributed by atoms with E-state index in [4.69, 9.17) is 9.97 Å². The summed E-state index contributed by atoms with van der Waals surface area (Å²) < 4.78 is 0. The molecule has 0 radical (unpaired) electrons. The zero-order chi connectivity index (χ0) is 20.9. The number of rotatable bonds is 6. The smallest absolute Gasteiger partial charge is 0.128 e. The number of anilines is 4. The molecule has 162 valence electrons. The lowest BCUT2D eigenvalue weighted by Crippen LogP contribution is -2.46. The minimum absolute atomic E-state index is 0.467. The molecule has 2 saturated heterocycles. The summed E-state index contributed by atoms with van der Waals surface area (Å²) in [6, 6.07) is 9.10. The normalized spacial score (nSPS) is 20.3. The van der Waals surface area contributed by atoms with Crippen LogP contribution in [0, 0.1) is 0 Å². The van der Waals surface area contributed by atoms with E-state index in [1.54, 1.807) is 0 Å². The fourth-order valence-electron chi connectivity index (χ4n) is 4.44. The van der Waals surface area contributed by atoms with Crippen LogP contribution < -0.4 is 20.0 Å². The van der Waals surface area contributed by atoms with Crippen molar-refractivity contribution in [2.24, 2.45) is 0 Å². The van der Waals surface area contributed by atoms with Gasteiger partial charge in [0.2, 0.25) is 0 Å². The number of pyridine rings is 2. The zero-order valence-corrected chi connectivity index (χ0v) is 18.6. The van der Waals surface area contributed by atoms with E-state index in [1.165, 1.54) is 24.9 Å². The van der Waals surface area contributed by atoms with Crippen molar-refractivity contribution in [1.29, 1.82) is 0 Å². The van der Waals surface area contributed by atoms with Crippen LogP contribution in [0.15, 0.2) is 36.7 Å². The summed E-state index contributed by atoms with van der Waals surface area (Å²) >= 11 is 0. The van der Waals surface area contributed by atoms with Crippen molar-refractivity contribution >= 4 is 23.0 Å². The first-order valence-corrected chi connectivity index (χ1v) is 11.1. The molecule has 0 aliphatic carbocycles. The van der Waals surface area contributed by atoms with Crippen LogP contribution in [0.5, 0.6) is 0 Å². The summed E-state index contributed by atoms with van der Waals surface area (Å²) in [5.74, 6) is 2.17. The number of aromatic nitrogens is 2. The molecule has 2 fully saturated rings. The van der Waals surface area contributed by atoms with Crippen LogP contribution in [0.3, 0.4) is 0 Å². The van der Waals surface area contributed by atoms with Crippen LogP contribution in [-0.4, -0.2) is 81.3 Å². The van der Waals surface area contributed by atoms with Gasteiger partial charge in [0.25, 0.3) is 0 Å². The van der Waals surface area contributed by atoms with E-state index in [0.29, 0.717) is 6.04 Å². The maximum absolute atomic E-state index is 4.77. The Morgan fingerprint density at radius 3 is 2.40 bits per heavy atom. The molecule has 2 aromatic heterocycles. The lowest BCUT2D eigenvalue weighted by molar-refractivity contribution is 0.312. The molecule has 1 unspecified atom stereocenters. The molecule has 0 bridgehead atoms. The van der Waals surface area contributed by atoms with Gasteiger partial charge in [0.05, 0.1) is 23.8 Å². The monoisotopic (exact) mass is 409 g/mol. The topological polar surface area (TPSA) is 50.8 Å². The summed E-state index contributed by atoms with van der Waals surface area (Å²) in [4.78, 5) is 19.0. The van der Waals surface area contributed by atoms with Crippen molar-refractivity contribution in [3.05, 3.63) is 36.7 Å². The molecule has 4 heterocycles. The average molecular weight is 410 g/mol. The van der Waals surface area contributed by atoms with Gasteiger partial charge in [-0.1, -0.05) is 0 Å². The fourth-order valence-corrected chi connectivity index (χ4v) is 4.44. The first-order valence-electron chi connectivity index (χ1n) is 11.1. The lowest BCUT2D eigenvalue weighted by Gasteiger charge is -2.39. The molecule has 4 rings (SSSR count). The van der Waals surface area contributed by atoms with Gasteiger partial charge in [0.15, 0.2) is 0 Å². The number of piperazine rings is 1. The molecule has 2 aliphatic rings. The largest absolute Gasteiger partial charge is 0.387 e. The Morgan fingerprint density at radius 2 is 1.73 bits per heavy atom. The van der Waals surface area contributed by atoms with Crippen molar-refractivity contribution in [1.82, 2.24) is 14.9 Å². The second-order valence-corrected chi connectivity index (χ2v) is 8.54. The fraction of sp³-hybridized carbons (Fsp3) is 0.565. The van der Waals surface area contributed by atoms with Crippen LogP contribution in [0.4, 0.5) is 23.0 Å². The number of likely N-dealkylation sites (N-methyl/N-ethyl adjacent to an activating group) is 2. The van der Waals surface area contributed by atoms with Crippen LogP contribution >= 0.6 is 0 Å². The van der Waals surface area contributed by atoms with E-state index < -0.39 is 0 Å². The van der Waals surface area contributed by atoms with Crippen molar-refractivity contribution < 1.29 is 0 Å². The van der Waals surface area contributed by atoms with Gasteiger partial charge >= 0.3 is 0 Å². The molecule has 30 heavy (non-hydrogen) atoms. The first-order chi connectivity index (χ1) is 14.6. The highest BCUT2D eigenvalue weighted by molar-refractivity contribution is 5.52. The second kappa shape index (κ2) is 9.51. The first kappa shape index (κ1) is 20.7. The molecule has 2 aliphatic heterocycles. The van der Waals surface area contributed by atoms with Gasteiger partial charge in [-0.25, -0.2) is 9.97 Å². The zero-order valence-electron chi connectivity index (χ0n) is 18.6. The van der Waals surface area contributed by atoms with E-state index in [-0.39, 0.29) is 0 Å². The van der Waals surface area contributed by atoms with Gasteiger partial charge in [-0.15, -0.1) is 0 Å². The van der Waals surface area contributed by atoms with E-state index in [2.05, 4.69) is 63.3 Å². The van der Waals surface area contributed by atoms with Gasteiger partial charge in [0, 0.05) is 59.4 Å². The van der Waals surface area contributed by atoms with Crippen LogP contribution in [-0.2, 0) is 0 Å². The van der Waals surface area contributed by atoms with Crippen LogP contribution in [0.1, 0.15) is 19.3 Å². The molecule has 0 amide bonds. The standard InChI is InChI=1S/C23H35N7/c1-24-19-7-9-23(25-16-19)30-11-5-4-6-21(30)18-28(3)20-8-10-22(26-17-20)29-14-12-27(2)13-15-29/h7-10,16-17,21,24H,4-6,11-15,18H2,1-3H3. The maximum atomic E-state index is 4.77. The van der Waals surface area contributed by atoms with E-state index >= 15 is 0 Å². The molecule has 1 N–H and O–H groups in total. The molecule has 1 atom stereocenters. The molecule has 7 heteroatoms. The maximum Gasteiger partial charge on any atom is 0.128 e. The quantitative estimate of drug-likeness (QED) is 0.787. The van der Waals surface area contributed by atoms with Crippen molar-refractivity contribution in [3.63, 3.8) is 0 Å². The average Bonchev–Trinajstić information content (AvgIpc) is 2.80. The highest BCUT2D eigenvalue weighted by Crippen LogP contribution is 2.26. The molecule has 0 spiro atoms. The minimum atomic E-state index is 0.467. The van der Waals surface area contributed by atoms with E-state index in [0.717, 1.165) is 56.6 Å². The van der Waals surface area contributed by atoms with E-state index in [9.17, 15) is 0 Å². The molecule has 0 saturated carbocycles. The van der Waals surface area contributed by atoms with Crippen LogP contribution in [0.2, 0.25) is 0 Å². The Bertz CT molecular complexity index is 784. The molecular weight excluding hydrogens is 374 g/mol. The summed E-state index contributed by atoms with van der Waals surface area (Å²) in [6.45, 7) is 6.36. The van der Waals surface area contributed by atoms with Gasteiger partial charge < -0.3 is 24.9 Å². The number of nitrogens with zero attached hydrogens (tertiary/aromatic N) is 6. The van der Waals surface area contributed by atoms with Gasteiger partial charge in [0.1, 0.15) is 11.6 Å². The number of hydrogen-bond donors (Lipinski definition) is 1. The summed E-state index contributed by atoms with van der Waals surface area (Å²) in [7, 11) is 6.29. The third-order valence-electron chi connectivity index (χ3n) is 6.44. The minimum Gasteiger partial charge on any atom is -0.387 e.